The molecule has 2 rings (SSSR count). The van der Waals surface area contributed by atoms with Crippen molar-refractivity contribution in [2.24, 2.45) is 0 Å². The molecule has 0 fully saturated rings. The Morgan fingerprint density at radius 2 is 2.15 bits per heavy atom. The van der Waals surface area contributed by atoms with Crippen LogP contribution in [0, 0.1) is 11.3 Å². The normalized spacial score (nSPS) is 12.8. The van der Waals surface area contributed by atoms with Gasteiger partial charge < -0.3 is 5.32 Å². The molecule has 7 heteroatoms. The lowest BCUT2D eigenvalue weighted by Crippen LogP contribution is -2.09. The second kappa shape index (κ2) is 5.51. The van der Waals surface area contributed by atoms with Crippen LogP contribution in [0.25, 0.3) is 0 Å². The van der Waals surface area contributed by atoms with E-state index in [0.717, 1.165) is 17.0 Å². The van der Waals surface area contributed by atoms with Gasteiger partial charge >= 0.3 is 6.18 Å². The SMILES string of the molecule is CC(Nc1ccc(C(F)(F)F)cc1C#N)c1cncs1. The molecule has 0 amide bonds. The topological polar surface area (TPSA) is 48.7 Å². The van der Waals surface area contributed by atoms with E-state index in [9.17, 15) is 13.2 Å². The molecule has 0 saturated heterocycles. The lowest BCUT2D eigenvalue weighted by Gasteiger charge is -2.15. The zero-order chi connectivity index (χ0) is 14.8. The Balaban J connectivity index is 2.27. The Morgan fingerprint density at radius 1 is 1.40 bits per heavy atom. The van der Waals surface area contributed by atoms with Gasteiger partial charge in [-0.25, -0.2) is 0 Å². The first kappa shape index (κ1) is 14.3. The highest BCUT2D eigenvalue weighted by atomic mass is 32.1. The van der Waals surface area contributed by atoms with E-state index < -0.39 is 11.7 Å². The third-order valence-electron chi connectivity index (χ3n) is 2.72. The molecule has 0 aliphatic carbocycles. The molecule has 1 aromatic heterocycles. The molecule has 0 saturated carbocycles. The van der Waals surface area contributed by atoms with E-state index in [0.29, 0.717) is 5.69 Å². The smallest absolute Gasteiger partial charge is 0.377 e. The number of hydrogen-bond donors (Lipinski definition) is 1. The highest BCUT2D eigenvalue weighted by Gasteiger charge is 2.31. The molecule has 1 N–H and O–H groups in total. The van der Waals surface area contributed by atoms with Gasteiger partial charge in [-0.05, 0) is 25.1 Å². The summed E-state index contributed by atoms with van der Waals surface area (Å²) < 4.78 is 37.8. The van der Waals surface area contributed by atoms with Gasteiger partial charge in [0.2, 0.25) is 0 Å². The lowest BCUT2D eigenvalue weighted by atomic mass is 10.1. The van der Waals surface area contributed by atoms with Gasteiger partial charge in [-0.3, -0.25) is 4.98 Å². The number of alkyl halides is 3. The highest BCUT2D eigenvalue weighted by molar-refractivity contribution is 7.09. The number of aromatic nitrogens is 1. The van der Waals surface area contributed by atoms with E-state index in [1.165, 1.54) is 17.4 Å². The van der Waals surface area contributed by atoms with Gasteiger partial charge in [-0.1, -0.05) is 0 Å². The summed E-state index contributed by atoms with van der Waals surface area (Å²) >= 11 is 1.43. The van der Waals surface area contributed by atoms with Crippen molar-refractivity contribution in [1.82, 2.24) is 4.98 Å². The number of nitrogens with zero attached hydrogens (tertiary/aromatic N) is 2. The van der Waals surface area contributed by atoms with Gasteiger partial charge in [0.15, 0.2) is 0 Å². The Hall–Kier alpha value is -2.07. The molecule has 0 spiro atoms. The van der Waals surface area contributed by atoms with Crippen LogP contribution in [0.1, 0.15) is 29.0 Å². The van der Waals surface area contributed by atoms with Crippen LogP contribution in [-0.4, -0.2) is 4.98 Å². The van der Waals surface area contributed by atoms with E-state index >= 15 is 0 Å². The van der Waals surface area contributed by atoms with Crippen LogP contribution in [0.4, 0.5) is 18.9 Å². The van der Waals surface area contributed by atoms with Gasteiger partial charge in [0.05, 0.1) is 28.4 Å². The number of halogens is 3. The van der Waals surface area contributed by atoms with Crippen molar-refractivity contribution in [2.45, 2.75) is 19.1 Å². The summed E-state index contributed by atoms with van der Waals surface area (Å²) in [6, 6.07) is 4.74. The minimum Gasteiger partial charge on any atom is -0.377 e. The van der Waals surface area contributed by atoms with Crippen molar-refractivity contribution in [2.75, 3.05) is 5.32 Å². The molecular weight excluding hydrogens is 287 g/mol. The maximum Gasteiger partial charge on any atom is 0.416 e. The third-order valence-corrected chi connectivity index (χ3v) is 3.68. The minimum atomic E-state index is -4.45. The minimum absolute atomic E-state index is 0.0313. The van der Waals surface area contributed by atoms with E-state index in [-0.39, 0.29) is 11.6 Å². The molecule has 2 aromatic rings. The van der Waals surface area contributed by atoms with Crippen molar-refractivity contribution < 1.29 is 13.2 Å². The molecule has 20 heavy (non-hydrogen) atoms. The molecule has 0 radical (unpaired) electrons. The second-order valence-electron chi connectivity index (χ2n) is 4.14. The van der Waals surface area contributed by atoms with Gasteiger partial charge in [-0.2, -0.15) is 18.4 Å². The van der Waals surface area contributed by atoms with E-state index in [1.54, 1.807) is 17.8 Å². The van der Waals surface area contributed by atoms with Gasteiger partial charge in [-0.15, -0.1) is 11.3 Å². The third kappa shape index (κ3) is 3.08. The standard InChI is InChI=1S/C13H10F3N3S/c1-8(12-6-18-7-20-12)19-11-3-2-10(13(14,15)16)4-9(11)5-17/h2-4,6-8,19H,1H3. The number of nitrogens with one attached hydrogen (secondary N) is 1. The monoisotopic (exact) mass is 297 g/mol. The van der Waals surface area contributed by atoms with Crippen molar-refractivity contribution >= 4 is 17.0 Å². The van der Waals surface area contributed by atoms with Crippen molar-refractivity contribution in [3.8, 4) is 6.07 Å². The summed E-state index contributed by atoms with van der Waals surface area (Å²) in [5, 5.41) is 12.0. The molecule has 1 heterocycles. The fraction of sp³-hybridized carbons (Fsp3) is 0.231. The number of rotatable bonds is 3. The first-order valence-electron chi connectivity index (χ1n) is 5.68. The molecule has 0 aliphatic heterocycles. The Morgan fingerprint density at radius 3 is 2.70 bits per heavy atom. The maximum absolute atomic E-state index is 12.6. The molecule has 1 unspecified atom stereocenters. The molecule has 0 bridgehead atoms. The first-order valence-corrected chi connectivity index (χ1v) is 6.56. The Kier molecular flexibility index (Phi) is 3.95. The molecule has 3 nitrogen and oxygen atoms in total. The van der Waals surface area contributed by atoms with Gasteiger partial charge in [0.25, 0.3) is 0 Å². The number of nitriles is 1. The van der Waals surface area contributed by atoms with Crippen LogP contribution in [-0.2, 0) is 6.18 Å². The summed E-state index contributed by atoms with van der Waals surface area (Å²) in [7, 11) is 0. The highest BCUT2D eigenvalue weighted by Crippen LogP contribution is 2.32. The molecule has 1 atom stereocenters. The van der Waals surface area contributed by atoms with Crippen LogP contribution < -0.4 is 5.32 Å². The van der Waals surface area contributed by atoms with Gasteiger partial charge in [0, 0.05) is 11.1 Å². The van der Waals surface area contributed by atoms with Crippen LogP contribution in [0.5, 0.6) is 0 Å². The predicted molar refractivity (Wildman–Crippen MR) is 70.3 cm³/mol. The van der Waals surface area contributed by atoms with Crippen LogP contribution in [0.2, 0.25) is 0 Å². The zero-order valence-corrected chi connectivity index (χ0v) is 11.2. The molecule has 0 aliphatic rings. The average Bonchev–Trinajstić information content (AvgIpc) is 2.91. The lowest BCUT2D eigenvalue weighted by molar-refractivity contribution is -0.137. The first-order chi connectivity index (χ1) is 9.41. The summed E-state index contributed by atoms with van der Waals surface area (Å²) in [5.74, 6) is 0. The van der Waals surface area contributed by atoms with Crippen molar-refractivity contribution in [3.63, 3.8) is 0 Å². The number of thiazole rings is 1. The van der Waals surface area contributed by atoms with Crippen LogP contribution >= 0.6 is 11.3 Å². The summed E-state index contributed by atoms with van der Waals surface area (Å²) in [6.07, 6.45) is -2.77. The van der Waals surface area contributed by atoms with E-state index in [1.807, 2.05) is 6.92 Å². The fourth-order valence-electron chi connectivity index (χ4n) is 1.68. The quantitative estimate of drug-likeness (QED) is 0.923. The predicted octanol–water partition coefficient (Wildman–Crippen LogP) is 4.21. The fourth-order valence-corrected chi connectivity index (χ4v) is 2.31. The summed E-state index contributed by atoms with van der Waals surface area (Å²) in [4.78, 5) is 4.88. The van der Waals surface area contributed by atoms with Crippen LogP contribution in [0.15, 0.2) is 29.9 Å². The average molecular weight is 297 g/mol. The number of anilines is 1. The summed E-state index contributed by atoms with van der Waals surface area (Å²) in [5.41, 5.74) is 1.19. The second-order valence-corrected chi connectivity index (χ2v) is 5.06. The molecule has 1 aromatic carbocycles. The largest absolute Gasteiger partial charge is 0.416 e. The van der Waals surface area contributed by atoms with E-state index in [2.05, 4.69) is 10.3 Å². The molecule has 104 valence electrons. The maximum atomic E-state index is 12.6. The van der Waals surface area contributed by atoms with Crippen LogP contribution in [0.3, 0.4) is 0 Å². The van der Waals surface area contributed by atoms with Crippen molar-refractivity contribution in [1.29, 1.82) is 5.26 Å². The molecular formula is C13H10F3N3S. The summed E-state index contributed by atoms with van der Waals surface area (Å²) in [6.45, 7) is 1.85. The Labute approximate surface area is 117 Å². The number of hydrogen-bond acceptors (Lipinski definition) is 4. The van der Waals surface area contributed by atoms with Crippen molar-refractivity contribution in [3.05, 3.63) is 45.9 Å². The Bertz CT molecular complexity index is 629. The number of benzene rings is 1. The van der Waals surface area contributed by atoms with E-state index in [4.69, 9.17) is 5.26 Å². The zero-order valence-electron chi connectivity index (χ0n) is 10.4. The van der Waals surface area contributed by atoms with Gasteiger partial charge in [0.1, 0.15) is 6.07 Å².